The van der Waals surface area contributed by atoms with E-state index >= 15 is 0 Å². The molecule has 0 saturated carbocycles. The highest BCUT2D eigenvalue weighted by atomic mass is 16.2. The monoisotopic (exact) mass is 309 g/mol. The molecule has 1 amide bonds. The van der Waals surface area contributed by atoms with E-state index in [1.807, 2.05) is 18.2 Å². The van der Waals surface area contributed by atoms with Crippen molar-refractivity contribution in [1.29, 1.82) is 0 Å². The summed E-state index contributed by atoms with van der Waals surface area (Å²) in [5.41, 5.74) is 2.88. The Balaban J connectivity index is 1.68. The number of aryl methyl sites for hydroxylation is 2. The van der Waals surface area contributed by atoms with Gasteiger partial charge in [-0.15, -0.1) is 5.10 Å². The van der Waals surface area contributed by atoms with Gasteiger partial charge in [-0.3, -0.25) is 9.59 Å². The van der Waals surface area contributed by atoms with Crippen molar-refractivity contribution in [2.75, 3.05) is 0 Å². The Labute approximate surface area is 131 Å². The molecule has 0 saturated heterocycles. The van der Waals surface area contributed by atoms with Gasteiger partial charge in [0.2, 0.25) is 0 Å². The van der Waals surface area contributed by atoms with Crippen molar-refractivity contribution in [2.45, 2.75) is 25.8 Å². The third-order valence-electron chi connectivity index (χ3n) is 4.19. The summed E-state index contributed by atoms with van der Waals surface area (Å²) in [6, 6.07) is 8.00. The van der Waals surface area contributed by atoms with E-state index in [1.165, 1.54) is 10.1 Å². The number of H-pyrrole nitrogens is 1. The van der Waals surface area contributed by atoms with Crippen LogP contribution in [-0.2, 0) is 6.42 Å². The molecule has 0 aliphatic heterocycles. The van der Waals surface area contributed by atoms with Crippen LogP contribution in [-0.4, -0.2) is 25.7 Å². The Morgan fingerprint density at radius 3 is 3.09 bits per heavy atom. The smallest absolute Gasteiger partial charge is 0.276 e. The molecular weight excluding hydrogens is 294 g/mol. The summed E-state index contributed by atoms with van der Waals surface area (Å²) in [4.78, 5) is 27.3. The van der Waals surface area contributed by atoms with Crippen molar-refractivity contribution in [2.24, 2.45) is 0 Å². The van der Waals surface area contributed by atoms with Gasteiger partial charge in [0.05, 0.1) is 12.2 Å². The topological polar surface area (TPSA) is 92.2 Å². The molecule has 1 aromatic carbocycles. The van der Waals surface area contributed by atoms with E-state index in [2.05, 4.69) is 26.7 Å². The summed E-state index contributed by atoms with van der Waals surface area (Å²) < 4.78 is 1.34. The van der Waals surface area contributed by atoms with Gasteiger partial charge in [0.15, 0.2) is 11.2 Å². The lowest BCUT2D eigenvalue weighted by Crippen LogP contribution is -2.28. The minimum absolute atomic E-state index is 0.0515. The Bertz CT molecular complexity index is 972. The Kier molecular flexibility index (Phi) is 3.00. The Morgan fingerprint density at radius 1 is 1.39 bits per heavy atom. The van der Waals surface area contributed by atoms with E-state index in [0.29, 0.717) is 5.69 Å². The van der Waals surface area contributed by atoms with Crippen molar-refractivity contribution in [3.63, 3.8) is 0 Å². The van der Waals surface area contributed by atoms with Gasteiger partial charge >= 0.3 is 0 Å². The molecule has 1 atom stereocenters. The van der Waals surface area contributed by atoms with Gasteiger partial charge in [0, 0.05) is 5.69 Å². The molecule has 0 unspecified atom stereocenters. The fourth-order valence-corrected chi connectivity index (χ4v) is 3.14. The summed E-state index contributed by atoms with van der Waals surface area (Å²) in [6.07, 6.45) is 3.41. The van der Waals surface area contributed by atoms with Crippen LogP contribution in [0.4, 0.5) is 0 Å². The van der Waals surface area contributed by atoms with Gasteiger partial charge in [0.25, 0.3) is 11.5 Å². The third kappa shape index (κ3) is 2.21. The molecule has 7 heteroatoms. The Hall–Kier alpha value is -2.96. The molecule has 3 aromatic rings. The number of amides is 1. The van der Waals surface area contributed by atoms with Gasteiger partial charge in [-0.25, -0.2) is 4.52 Å². The first-order valence-electron chi connectivity index (χ1n) is 7.47. The SMILES string of the molecule is Cc1cn2nnc(C(=O)N[C@H]3CCc4ccccc43)c2c(=O)[nH]1. The number of aromatic nitrogens is 4. The lowest BCUT2D eigenvalue weighted by Gasteiger charge is -2.12. The standard InChI is InChI=1S/C16H15N5O2/c1-9-8-21-14(16(23)17-9)13(19-20-21)15(22)18-12-7-6-10-4-2-3-5-11(10)12/h2-5,8,12H,6-7H2,1H3,(H,17,23)(H,18,22)/t12-/m0/s1. The number of nitrogens with zero attached hydrogens (tertiary/aromatic N) is 3. The molecule has 0 spiro atoms. The molecule has 0 fully saturated rings. The van der Waals surface area contributed by atoms with E-state index in [-0.39, 0.29) is 28.7 Å². The molecule has 0 bridgehead atoms. The predicted octanol–water partition coefficient (Wildman–Crippen LogP) is 1.14. The molecule has 4 rings (SSSR count). The quantitative estimate of drug-likeness (QED) is 0.742. The number of hydrogen-bond acceptors (Lipinski definition) is 4. The van der Waals surface area contributed by atoms with Crippen LogP contribution in [0, 0.1) is 6.92 Å². The van der Waals surface area contributed by atoms with Gasteiger partial charge < -0.3 is 10.3 Å². The van der Waals surface area contributed by atoms with Crippen molar-refractivity contribution >= 4 is 11.4 Å². The molecule has 23 heavy (non-hydrogen) atoms. The second kappa shape index (κ2) is 5.05. The first-order chi connectivity index (χ1) is 11.1. The largest absolute Gasteiger partial charge is 0.344 e. The minimum atomic E-state index is -0.379. The first kappa shape index (κ1) is 13.7. The zero-order valence-corrected chi connectivity index (χ0v) is 12.5. The summed E-state index contributed by atoms with van der Waals surface area (Å²) in [7, 11) is 0. The summed E-state index contributed by atoms with van der Waals surface area (Å²) in [6.45, 7) is 1.75. The van der Waals surface area contributed by atoms with E-state index in [0.717, 1.165) is 18.4 Å². The second-order valence-corrected chi connectivity index (χ2v) is 5.76. The van der Waals surface area contributed by atoms with Crippen LogP contribution >= 0.6 is 0 Å². The normalized spacial score (nSPS) is 16.5. The number of hydrogen-bond donors (Lipinski definition) is 2. The zero-order valence-electron chi connectivity index (χ0n) is 12.5. The maximum Gasteiger partial charge on any atom is 0.276 e. The molecule has 2 N–H and O–H groups in total. The average molecular weight is 309 g/mol. The predicted molar refractivity (Wildman–Crippen MR) is 83.3 cm³/mol. The number of benzene rings is 1. The molecule has 0 radical (unpaired) electrons. The van der Waals surface area contributed by atoms with Gasteiger partial charge in [-0.1, -0.05) is 29.5 Å². The fraction of sp³-hybridized carbons (Fsp3) is 0.250. The minimum Gasteiger partial charge on any atom is -0.344 e. The van der Waals surface area contributed by atoms with E-state index in [1.54, 1.807) is 13.1 Å². The molecular formula is C16H15N5O2. The van der Waals surface area contributed by atoms with Crippen LogP contribution in [0.15, 0.2) is 35.3 Å². The van der Waals surface area contributed by atoms with Crippen molar-refractivity contribution < 1.29 is 4.79 Å². The van der Waals surface area contributed by atoms with Crippen LogP contribution in [0.2, 0.25) is 0 Å². The van der Waals surface area contributed by atoms with Crippen molar-refractivity contribution in [1.82, 2.24) is 25.1 Å². The summed E-state index contributed by atoms with van der Waals surface area (Å²) in [5.74, 6) is -0.379. The summed E-state index contributed by atoms with van der Waals surface area (Å²) in [5, 5.41) is 10.7. The van der Waals surface area contributed by atoms with Crippen LogP contribution in [0.3, 0.4) is 0 Å². The second-order valence-electron chi connectivity index (χ2n) is 5.76. The number of carbonyl (C=O) groups excluding carboxylic acids is 1. The molecule has 116 valence electrons. The average Bonchev–Trinajstić information content (AvgIpc) is 3.12. The molecule has 7 nitrogen and oxygen atoms in total. The molecule has 1 aliphatic carbocycles. The van der Waals surface area contributed by atoms with Crippen LogP contribution in [0.5, 0.6) is 0 Å². The lowest BCUT2D eigenvalue weighted by atomic mass is 10.1. The van der Waals surface area contributed by atoms with Crippen LogP contribution < -0.4 is 10.9 Å². The van der Waals surface area contributed by atoms with Crippen LogP contribution in [0.25, 0.3) is 5.52 Å². The highest BCUT2D eigenvalue weighted by Gasteiger charge is 2.26. The highest BCUT2D eigenvalue weighted by molar-refractivity contribution is 5.98. The number of nitrogens with one attached hydrogen (secondary N) is 2. The number of aromatic amines is 1. The number of carbonyl (C=O) groups is 1. The van der Waals surface area contributed by atoms with Gasteiger partial charge in [0.1, 0.15) is 0 Å². The molecule has 1 aliphatic rings. The van der Waals surface area contributed by atoms with Crippen molar-refractivity contribution in [3.8, 4) is 0 Å². The van der Waals surface area contributed by atoms with Gasteiger partial charge in [-0.05, 0) is 30.9 Å². The van der Waals surface area contributed by atoms with E-state index < -0.39 is 0 Å². The summed E-state index contributed by atoms with van der Waals surface area (Å²) >= 11 is 0. The number of rotatable bonds is 2. The van der Waals surface area contributed by atoms with Gasteiger partial charge in [-0.2, -0.15) is 0 Å². The fourth-order valence-electron chi connectivity index (χ4n) is 3.14. The maximum atomic E-state index is 12.5. The molecule has 2 heterocycles. The van der Waals surface area contributed by atoms with Crippen LogP contribution in [0.1, 0.15) is 39.8 Å². The van der Waals surface area contributed by atoms with E-state index in [9.17, 15) is 9.59 Å². The maximum absolute atomic E-state index is 12.5. The molecule has 2 aromatic heterocycles. The van der Waals surface area contributed by atoms with Crippen molar-refractivity contribution in [3.05, 3.63) is 63.3 Å². The highest BCUT2D eigenvalue weighted by Crippen LogP contribution is 2.30. The zero-order chi connectivity index (χ0) is 16.0. The lowest BCUT2D eigenvalue weighted by molar-refractivity contribution is 0.0933. The number of fused-ring (bicyclic) bond motifs is 2. The first-order valence-corrected chi connectivity index (χ1v) is 7.47. The third-order valence-corrected chi connectivity index (χ3v) is 4.19. The Morgan fingerprint density at radius 2 is 2.22 bits per heavy atom. The van der Waals surface area contributed by atoms with E-state index in [4.69, 9.17) is 0 Å².